The first kappa shape index (κ1) is 26.1. The van der Waals surface area contributed by atoms with Crippen LogP contribution < -0.4 is 15.0 Å². The van der Waals surface area contributed by atoms with Crippen LogP contribution >= 0.6 is 0 Å². The van der Waals surface area contributed by atoms with Crippen molar-refractivity contribution >= 4 is 17.6 Å². The maximum atomic E-state index is 13.2. The lowest BCUT2D eigenvalue weighted by molar-refractivity contribution is -0.134. The molecule has 0 aromatic heterocycles. The molecule has 1 fully saturated rings. The zero-order valence-electron chi connectivity index (χ0n) is 21.4. The van der Waals surface area contributed by atoms with E-state index in [-0.39, 0.29) is 49.1 Å². The Kier molecular flexibility index (Phi) is 9.05. The molecule has 190 valence electrons. The Morgan fingerprint density at radius 1 is 1.24 bits per heavy atom. The predicted molar refractivity (Wildman–Crippen MR) is 134 cm³/mol. The molecule has 1 aliphatic carbocycles. The molecule has 0 spiro atoms. The van der Waals surface area contributed by atoms with E-state index in [1.54, 1.807) is 16.8 Å². The molecule has 1 aromatic rings. The van der Waals surface area contributed by atoms with Gasteiger partial charge in [-0.1, -0.05) is 26.2 Å². The van der Waals surface area contributed by atoms with Crippen LogP contribution in [0.4, 0.5) is 10.5 Å². The van der Waals surface area contributed by atoms with Crippen molar-refractivity contribution < 1.29 is 19.4 Å². The molecule has 2 aliphatic rings. The number of hydrogen-bond donors (Lipinski definition) is 2. The van der Waals surface area contributed by atoms with Crippen molar-refractivity contribution in [3.63, 3.8) is 0 Å². The second-order valence-electron chi connectivity index (χ2n) is 10.2. The summed E-state index contributed by atoms with van der Waals surface area (Å²) in [7, 11) is 5.73. The number of carbonyl (C=O) groups is 2. The molecule has 3 amide bonds. The normalized spacial score (nSPS) is 22.5. The van der Waals surface area contributed by atoms with Crippen LogP contribution in [-0.4, -0.2) is 85.9 Å². The average Bonchev–Trinajstić information content (AvgIpc) is 2.86. The van der Waals surface area contributed by atoms with Gasteiger partial charge in [-0.25, -0.2) is 4.79 Å². The number of benzene rings is 1. The first-order valence-corrected chi connectivity index (χ1v) is 12.6. The van der Waals surface area contributed by atoms with Crippen LogP contribution in [0.5, 0.6) is 5.75 Å². The van der Waals surface area contributed by atoms with E-state index in [4.69, 9.17) is 4.74 Å². The van der Waals surface area contributed by atoms with Gasteiger partial charge in [0, 0.05) is 50.9 Å². The number of nitrogens with zero attached hydrogens (tertiary/aromatic N) is 3. The molecule has 3 rings (SSSR count). The summed E-state index contributed by atoms with van der Waals surface area (Å²) in [6.45, 7) is 4.67. The molecule has 8 nitrogen and oxygen atoms in total. The fraction of sp³-hybridized carbons (Fsp3) is 0.692. The van der Waals surface area contributed by atoms with E-state index < -0.39 is 0 Å². The molecule has 1 saturated carbocycles. The summed E-state index contributed by atoms with van der Waals surface area (Å²) in [5.74, 6) is 0.607. The smallest absolute Gasteiger partial charge is 0.317 e. The molecule has 3 atom stereocenters. The molecule has 0 radical (unpaired) electrons. The van der Waals surface area contributed by atoms with Crippen LogP contribution in [0.2, 0.25) is 0 Å². The van der Waals surface area contributed by atoms with Crippen molar-refractivity contribution in [3.8, 4) is 5.75 Å². The number of carbonyl (C=O) groups excluding carboxylic acids is 2. The number of nitrogens with one attached hydrogen (secondary N) is 1. The van der Waals surface area contributed by atoms with Crippen molar-refractivity contribution in [2.24, 2.45) is 5.92 Å². The highest BCUT2D eigenvalue weighted by atomic mass is 16.5. The Morgan fingerprint density at radius 2 is 1.94 bits per heavy atom. The minimum atomic E-state index is -0.301. The largest absolute Gasteiger partial charge is 0.488 e. The Balaban J connectivity index is 1.83. The highest BCUT2D eigenvalue weighted by Gasteiger charge is 2.32. The van der Waals surface area contributed by atoms with Crippen LogP contribution in [0.15, 0.2) is 18.2 Å². The van der Waals surface area contributed by atoms with Crippen LogP contribution in [0.3, 0.4) is 0 Å². The van der Waals surface area contributed by atoms with E-state index in [1.165, 1.54) is 6.42 Å². The third-order valence-electron chi connectivity index (χ3n) is 7.15. The van der Waals surface area contributed by atoms with Gasteiger partial charge < -0.3 is 29.9 Å². The quantitative estimate of drug-likeness (QED) is 0.662. The molecule has 1 aromatic carbocycles. The second-order valence-corrected chi connectivity index (χ2v) is 10.2. The lowest BCUT2D eigenvalue weighted by Crippen LogP contribution is -2.50. The molecular formula is C26H42N4O4. The molecule has 1 aliphatic heterocycles. The Hall–Kier alpha value is -2.48. The van der Waals surface area contributed by atoms with E-state index in [0.717, 1.165) is 36.9 Å². The van der Waals surface area contributed by atoms with Crippen molar-refractivity contribution in [2.45, 2.75) is 70.6 Å². The van der Waals surface area contributed by atoms with E-state index >= 15 is 0 Å². The van der Waals surface area contributed by atoms with Gasteiger partial charge in [0.05, 0.1) is 25.6 Å². The van der Waals surface area contributed by atoms with Gasteiger partial charge in [-0.3, -0.25) is 4.79 Å². The number of urea groups is 1. The summed E-state index contributed by atoms with van der Waals surface area (Å²) in [5, 5.41) is 13.0. The van der Waals surface area contributed by atoms with Gasteiger partial charge >= 0.3 is 6.03 Å². The molecular weight excluding hydrogens is 432 g/mol. The Bertz CT molecular complexity index is 840. The number of anilines is 1. The van der Waals surface area contributed by atoms with E-state index in [2.05, 4.69) is 5.32 Å². The number of hydrogen-bond acceptors (Lipinski definition) is 5. The standard InChI is InChI=1S/C26H42N4O4/c1-18-15-30(19(2)17-31)25(32)14-20-13-22(28(3)4)11-12-23(20)34-24(18)16-29(5)26(33)27-21-9-7-6-8-10-21/h11-13,18-19,21,24,31H,6-10,14-17H2,1-5H3,(H,27,33)/t18-,19-,24+/m0/s1. The first-order chi connectivity index (χ1) is 16.2. The minimum absolute atomic E-state index is 0.0294. The zero-order chi connectivity index (χ0) is 24.8. The number of amides is 3. The van der Waals surface area contributed by atoms with Gasteiger partial charge in [0.2, 0.25) is 5.91 Å². The van der Waals surface area contributed by atoms with Crippen molar-refractivity contribution in [2.75, 3.05) is 45.7 Å². The number of ether oxygens (including phenoxy) is 1. The lowest BCUT2D eigenvalue weighted by Gasteiger charge is -2.34. The minimum Gasteiger partial charge on any atom is -0.488 e. The average molecular weight is 475 g/mol. The number of likely N-dealkylation sites (N-methyl/N-ethyl adjacent to an activating group) is 1. The second kappa shape index (κ2) is 11.8. The Labute approximate surface area is 204 Å². The predicted octanol–water partition coefficient (Wildman–Crippen LogP) is 2.88. The molecule has 34 heavy (non-hydrogen) atoms. The van der Waals surface area contributed by atoms with Crippen LogP contribution in [0.1, 0.15) is 51.5 Å². The zero-order valence-corrected chi connectivity index (χ0v) is 21.4. The first-order valence-electron chi connectivity index (χ1n) is 12.6. The van der Waals surface area contributed by atoms with Crippen molar-refractivity contribution in [3.05, 3.63) is 23.8 Å². The fourth-order valence-corrected chi connectivity index (χ4v) is 4.80. The van der Waals surface area contributed by atoms with Gasteiger partial charge in [0.25, 0.3) is 0 Å². The van der Waals surface area contributed by atoms with Gasteiger partial charge in [-0.15, -0.1) is 0 Å². The maximum absolute atomic E-state index is 13.2. The fourth-order valence-electron chi connectivity index (χ4n) is 4.80. The highest BCUT2D eigenvalue weighted by Crippen LogP contribution is 2.30. The third-order valence-corrected chi connectivity index (χ3v) is 7.15. The van der Waals surface area contributed by atoms with Gasteiger partial charge in [0.15, 0.2) is 0 Å². The van der Waals surface area contributed by atoms with Gasteiger partial charge in [0.1, 0.15) is 11.9 Å². The topological polar surface area (TPSA) is 85.4 Å². The van der Waals surface area contributed by atoms with E-state index in [0.29, 0.717) is 18.8 Å². The van der Waals surface area contributed by atoms with Gasteiger partial charge in [-0.05, 0) is 38.0 Å². The summed E-state index contributed by atoms with van der Waals surface area (Å²) in [5.41, 5.74) is 1.81. The van der Waals surface area contributed by atoms with Gasteiger partial charge in [-0.2, -0.15) is 0 Å². The molecule has 1 heterocycles. The number of aliphatic hydroxyl groups is 1. The maximum Gasteiger partial charge on any atom is 0.317 e. The van der Waals surface area contributed by atoms with E-state index in [1.807, 2.05) is 51.0 Å². The molecule has 0 saturated heterocycles. The number of fused-ring (bicyclic) bond motifs is 1. The molecule has 0 unspecified atom stereocenters. The Morgan fingerprint density at radius 3 is 2.59 bits per heavy atom. The van der Waals surface area contributed by atoms with Crippen molar-refractivity contribution in [1.82, 2.24) is 15.1 Å². The summed E-state index contributed by atoms with van der Waals surface area (Å²) < 4.78 is 6.50. The van der Waals surface area contributed by atoms with Crippen LogP contribution in [0, 0.1) is 5.92 Å². The number of rotatable bonds is 6. The van der Waals surface area contributed by atoms with Crippen LogP contribution in [0.25, 0.3) is 0 Å². The monoisotopic (exact) mass is 474 g/mol. The third kappa shape index (κ3) is 6.56. The lowest BCUT2D eigenvalue weighted by atomic mass is 9.96. The van der Waals surface area contributed by atoms with E-state index in [9.17, 15) is 14.7 Å². The van der Waals surface area contributed by atoms with Crippen molar-refractivity contribution in [1.29, 1.82) is 0 Å². The molecule has 2 N–H and O–H groups in total. The summed E-state index contributed by atoms with van der Waals surface area (Å²) in [6, 6.07) is 5.76. The van der Waals surface area contributed by atoms with Crippen LogP contribution in [-0.2, 0) is 11.2 Å². The summed E-state index contributed by atoms with van der Waals surface area (Å²) in [6.07, 6.45) is 5.54. The SMILES string of the molecule is C[C@H]1CN([C@@H](C)CO)C(=O)Cc2cc(N(C)C)ccc2O[C@@H]1CN(C)C(=O)NC1CCCCC1. The molecule has 0 bridgehead atoms. The summed E-state index contributed by atoms with van der Waals surface area (Å²) >= 11 is 0. The molecule has 8 heteroatoms. The highest BCUT2D eigenvalue weighted by molar-refractivity contribution is 5.80. The number of aliphatic hydroxyl groups excluding tert-OH is 1. The summed E-state index contributed by atoms with van der Waals surface area (Å²) in [4.78, 5) is 31.6.